The second-order valence-electron chi connectivity index (χ2n) is 20.9. The van der Waals surface area contributed by atoms with E-state index in [1.165, 1.54) is 66.8 Å². The standard InChI is InChI=1S/C28H36N4O2.C28H35N3O3/c1-13-8-18-9-20-22(11-29)32-21(26(31(20)6)25(18)27(33)28(13)34-7)10-19-16(4)14(2)15(3)17(5)24(19)23(32)12-30;1-13-8-18-9-20-22(11-29)31-21(26(30(20)6)25(18)27(33)28(13)34-7)10-19-16(4)14(2)15(3)17(5)24(19)23(31)12-32/h8,20-23,26,33H,9-10,12,30H2,1-7H3;8,20-23,26,32-33H,9-10,12H2,1-7H3/t2*20-,21-,22-,23-,26-/m00/s1. The number of piperazine rings is 2. The average molecular weight is 922 g/mol. The van der Waals surface area contributed by atoms with Gasteiger partial charge in [-0.2, -0.15) is 10.5 Å². The van der Waals surface area contributed by atoms with Crippen molar-refractivity contribution in [3.63, 3.8) is 0 Å². The molecule has 0 aromatic heterocycles. The maximum atomic E-state index is 11.4. The highest BCUT2D eigenvalue weighted by Crippen LogP contribution is 2.56. The normalized spacial score (nSPS) is 28.0. The first kappa shape index (κ1) is 47.9. The Morgan fingerprint density at radius 2 is 0.926 bits per heavy atom. The SMILES string of the molecule is COc1c(C)cc2c(c1O)[C@@H]1[C@@H]3Cc4c(C)c(C)c(C)c(C)c4[C@H](CN)N3[C@@H](C#N)[C@H](C2)N1C.COc1c(C)cc2c(c1O)[C@@H]1[C@@H]3Cc4c(C)c(C)c(C)c(C)c4[C@H](CO)N3[C@@H](C#N)[C@H](C2)N1C. The van der Waals surface area contributed by atoms with Crippen LogP contribution in [-0.2, 0) is 25.7 Å². The van der Waals surface area contributed by atoms with Crippen LogP contribution in [-0.4, -0.2) is 113 Å². The highest BCUT2D eigenvalue weighted by molar-refractivity contribution is 5.61. The predicted molar refractivity (Wildman–Crippen MR) is 265 cm³/mol. The number of aromatic hydroxyl groups is 2. The van der Waals surface area contributed by atoms with Crippen LogP contribution in [0.2, 0.25) is 0 Å². The number of methoxy groups -OCH3 is 2. The third-order valence-electron chi connectivity index (χ3n) is 18.4. The molecule has 6 aliphatic rings. The van der Waals surface area contributed by atoms with Gasteiger partial charge in [0.1, 0.15) is 12.1 Å². The fourth-order valence-corrected chi connectivity index (χ4v) is 14.5. The average Bonchev–Trinajstić information content (AvgIpc) is 3.31. The van der Waals surface area contributed by atoms with E-state index in [4.69, 9.17) is 15.2 Å². The fraction of sp³-hybridized carbons (Fsp3) is 0.536. The molecule has 0 unspecified atom stereocenters. The Bertz CT molecular complexity index is 2650. The topological polar surface area (TPSA) is 166 Å². The molecule has 0 amide bonds. The van der Waals surface area contributed by atoms with Gasteiger partial charge in [-0.1, -0.05) is 12.1 Å². The minimum absolute atomic E-state index is 0.0190. The summed E-state index contributed by atoms with van der Waals surface area (Å²) in [7, 11) is 7.39. The third-order valence-corrected chi connectivity index (χ3v) is 18.4. The summed E-state index contributed by atoms with van der Waals surface area (Å²) in [5, 5.41) is 54.4. The monoisotopic (exact) mass is 922 g/mol. The Kier molecular flexibility index (Phi) is 12.2. The van der Waals surface area contributed by atoms with E-state index in [1.807, 2.05) is 13.8 Å². The van der Waals surface area contributed by atoms with E-state index in [2.05, 4.69) is 113 Å². The molecule has 2 fully saturated rings. The number of phenols is 2. The second-order valence-corrected chi connectivity index (χ2v) is 20.9. The van der Waals surface area contributed by atoms with E-state index < -0.39 is 0 Å². The number of aliphatic hydroxyl groups is 1. The van der Waals surface area contributed by atoms with Gasteiger partial charge in [-0.15, -0.1) is 0 Å². The minimum Gasteiger partial charge on any atom is -0.504 e. The molecule has 4 aromatic carbocycles. The van der Waals surface area contributed by atoms with Gasteiger partial charge in [0.2, 0.25) is 0 Å². The summed E-state index contributed by atoms with van der Waals surface area (Å²) < 4.78 is 11.2. The number of nitrogens with two attached hydrogens (primary N) is 1. The van der Waals surface area contributed by atoms with Crippen LogP contribution in [0.3, 0.4) is 0 Å². The molecule has 12 nitrogen and oxygen atoms in total. The molecule has 10 rings (SSSR count). The summed E-state index contributed by atoms with van der Waals surface area (Å²) >= 11 is 0. The van der Waals surface area contributed by atoms with Crippen LogP contribution in [0.15, 0.2) is 12.1 Å². The first-order valence-corrected chi connectivity index (χ1v) is 24.4. The zero-order chi connectivity index (χ0) is 49.3. The quantitative estimate of drug-likeness (QED) is 0.161. The number of likely N-dealkylation sites (N-methyl/N-ethyl adjacent to an activating group) is 2. The number of nitriles is 2. The first-order chi connectivity index (χ1) is 32.3. The van der Waals surface area contributed by atoms with Crippen LogP contribution in [0.4, 0.5) is 0 Å². The number of aliphatic hydroxyl groups excluding tert-OH is 1. The molecule has 0 spiro atoms. The minimum atomic E-state index is -0.351. The van der Waals surface area contributed by atoms with Crippen molar-refractivity contribution in [1.82, 2.24) is 19.6 Å². The van der Waals surface area contributed by atoms with Gasteiger partial charge in [-0.25, -0.2) is 0 Å². The van der Waals surface area contributed by atoms with Gasteiger partial charge in [0.05, 0.1) is 51.1 Å². The van der Waals surface area contributed by atoms with E-state index in [1.54, 1.807) is 14.2 Å². The van der Waals surface area contributed by atoms with Gasteiger partial charge < -0.3 is 30.5 Å². The van der Waals surface area contributed by atoms with Crippen molar-refractivity contribution < 1.29 is 24.8 Å². The van der Waals surface area contributed by atoms with Crippen molar-refractivity contribution in [2.24, 2.45) is 5.73 Å². The van der Waals surface area contributed by atoms with Crippen LogP contribution < -0.4 is 15.2 Å². The van der Waals surface area contributed by atoms with Crippen molar-refractivity contribution in [2.45, 2.75) is 155 Å². The molecule has 360 valence electrons. The van der Waals surface area contributed by atoms with Crippen molar-refractivity contribution >= 4 is 0 Å². The van der Waals surface area contributed by atoms with Crippen LogP contribution in [0.1, 0.15) is 124 Å². The summed E-state index contributed by atoms with van der Waals surface area (Å²) in [6, 6.07) is 8.51. The molecule has 12 heteroatoms. The molecule has 0 radical (unpaired) electrons. The number of ether oxygens (including phenoxy) is 2. The summed E-state index contributed by atoms with van der Waals surface area (Å²) in [6.45, 7) is 21.8. The van der Waals surface area contributed by atoms with Crippen LogP contribution in [0.5, 0.6) is 23.0 Å². The number of aryl methyl sites for hydroxylation is 2. The van der Waals surface area contributed by atoms with Crippen molar-refractivity contribution in [2.75, 3.05) is 41.5 Å². The van der Waals surface area contributed by atoms with E-state index in [9.17, 15) is 25.8 Å². The Balaban J connectivity index is 0.000000170. The molecular weight excluding hydrogens is 851 g/mol. The maximum Gasteiger partial charge on any atom is 0.163 e. The van der Waals surface area contributed by atoms with E-state index in [0.29, 0.717) is 24.5 Å². The number of fused-ring (bicyclic) bond motifs is 14. The summed E-state index contributed by atoms with van der Waals surface area (Å²) in [5.74, 6) is 1.52. The summed E-state index contributed by atoms with van der Waals surface area (Å²) in [5.41, 5.74) is 27.9. The van der Waals surface area contributed by atoms with E-state index in [0.717, 1.165) is 52.6 Å². The largest absolute Gasteiger partial charge is 0.504 e. The first-order valence-electron chi connectivity index (χ1n) is 24.4. The molecule has 10 atom stereocenters. The molecule has 4 aromatic rings. The van der Waals surface area contributed by atoms with Crippen molar-refractivity contribution in [1.29, 1.82) is 10.5 Å². The van der Waals surface area contributed by atoms with Gasteiger partial charge in [-0.05, 0) is 198 Å². The lowest BCUT2D eigenvalue weighted by Crippen LogP contribution is -2.68. The lowest BCUT2D eigenvalue weighted by Gasteiger charge is -2.60. The number of nitrogens with zero attached hydrogens (tertiary/aromatic N) is 6. The molecule has 0 aliphatic carbocycles. The molecule has 68 heavy (non-hydrogen) atoms. The van der Waals surface area contributed by atoms with Gasteiger partial charge in [0, 0.05) is 47.9 Å². The van der Waals surface area contributed by atoms with Gasteiger partial charge in [0.15, 0.2) is 23.0 Å². The number of phenolic OH excluding ortho intramolecular Hbond substituents is 2. The summed E-state index contributed by atoms with van der Waals surface area (Å²) in [4.78, 5) is 9.28. The van der Waals surface area contributed by atoms with E-state index >= 15 is 0 Å². The smallest absolute Gasteiger partial charge is 0.163 e. The van der Waals surface area contributed by atoms with Crippen molar-refractivity contribution in [3.05, 3.63) is 112 Å². The molecule has 4 bridgehead atoms. The van der Waals surface area contributed by atoms with Crippen LogP contribution >= 0.6 is 0 Å². The number of hydrogen-bond donors (Lipinski definition) is 4. The Morgan fingerprint density at radius 3 is 1.28 bits per heavy atom. The highest BCUT2D eigenvalue weighted by Gasteiger charge is 2.57. The lowest BCUT2D eigenvalue weighted by molar-refractivity contribution is -0.0820. The zero-order valence-corrected chi connectivity index (χ0v) is 42.6. The van der Waals surface area contributed by atoms with Gasteiger partial charge >= 0.3 is 0 Å². The maximum absolute atomic E-state index is 11.4. The predicted octanol–water partition coefficient (Wildman–Crippen LogP) is 7.38. The highest BCUT2D eigenvalue weighted by atomic mass is 16.5. The molecular formula is C56H71N7O5. The fourth-order valence-electron chi connectivity index (χ4n) is 14.5. The molecule has 0 saturated carbocycles. The number of rotatable bonds is 4. The van der Waals surface area contributed by atoms with Crippen molar-refractivity contribution in [3.8, 4) is 35.1 Å². The number of benzene rings is 4. The van der Waals surface area contributed by atoms with Crippen LogP contribution in [0, 0.1) is 91.9 Å². The molecule has 5 N–H and O–H groups in total. The summed E-state index contributed by atoms with van der Waals surface area (Å²) in [6.07, 6.45) is 3.00. The van der Waals surface area contributed by atoms with Gasteiger partial charge in [0.25, 0.3) is 0 Å². The Morgan fingerprint density at radius 1 is 0.559 bits per heavy atom. The van der Waals surface area contributed by atoms with Crippen LogP contribution in [0.25, 0.3) is 0 Å². The van der Waals surface area contributed by atoms with E-state index in [-0.39, 0.29) is 78.5 Å². The molecule has 6 heterocycles. The Hall–Kier alpha value is -5.18. The Labute approximate surface area is 403 Å². The zero-order valence-electron chi connectivity index (χ0n) is 42.6. The molecule has 2 saturated heterocycles. The third kappa shape index (κ3) is 6.51. The molecule has 6 aliphatic heterocycles. The van der Waals surface area contributed by atoms with Gasteiger partial charge in [-0.3, -0.25) is 19.6 Å². The second kappa shape index (κ2) is 17.3. The lowest BCUT2D eigenvalue weighted by atomic mass is 9.70. The number of hydrogen-bond acceptors (Lipinski definition) is 12.